The highest BCUT2D eigenvalue weighted by Crippen LogP contribution is 2.17. The second kappa shape index (κ2) is 7.85. The molecule has 0 radical (unpaired) electrons. The Bertz CT molecular complexity index is 589. The fourth-order valence-corrected chi connectivity index (χ4v) is 4.34. The topological polar surface area (TPSA) is 53.1 Å². The van der Waals surface area contributed by atoms with E-state index in [1.54, 1.807) is 0 Å². The number of carbonyl (C=O) groups is 2. The summed E-state index contributed by atoms with van der Waals surface area (Å²) in [5.74, 6) is 0.268. The normalized spacial score (nSPS) is 26.5. The maximum absolute atomic E-state index is 12.8. The van der Waals surface area contributed by atoms with E-state index in [2.05, 4.69) is 4.90 Å². The van der Waals surface area contributed by atoms with Crippen molar-refractivity contribution in [2.75, 3.05) is 39.3 Å². The van der Waals surface area contributed by atoms with Gasteiger partial charge in [-0.05, 0) is 32.2 Å². The second-order valence-electron chi connectivity index (χ2n) is 6.98. The molecule has 2 fully saturated rings. The lowest BCUT2D eigenvalue weighted by atomic mass is 10.1. The van der Waals surface area contributed by atoms with Gasteiger partial charge in [-0.1, -0.05) is 6.07 Å². The summed E-state index contributed by atoms with van der Waals surface area (Å²) in [6, 6.07) is 3.61. The number of ether oxygens (including phenoxy) is 1. The summed E-state index contributed by atoms with van der Waals surface area (Å²) in [6.07, 6.45) is 0.167. The molecule has 3 heterocycles. The average molecular weight is 365 g/mol. The van der Waals surface area contributed by atoms with Crippen LogP contribution in [0, 0.1) is 0 Å². The minimum Gasteiger partial charge on any atom is -0.372 e. The van der Waals surface area contributed by atoms with Crippen LogP contribution in [0.25, 0.3) is 0 Å². The van der Waals surface area contributed by atoms with Crippen LogP contribution in [0.15, 0.2) is 17.5 Å². The Hall–Kier alpha value is -1.44. The van der Waals surface area contributed by atoms with E-state index in [0.717, 1.165) is 18.0 Å². The molecule has 2 saturated heterocycles. The van der Waals surface area contributed by atoms with Gasteiger partial charge in [0.2, 0.25) is 5.91 Å². The van der Waals surface area contributed by atoms with Gasteiger partial charge in [-0.15, -0.1) is 11.3 Å². The van der Waals surface area contributed by atoms with Crippen molar-refractivity contribution in [3.63, 3.8) is 0 Å². The third-order valence-electron chi connectivity index (χ3n) is 4.97. The van der Waals surface area contributed by atoms with Crippen molar-refractivity contribution in [2.24, 2.45) is 0 Å². The Morgan fingerprint density at radius 1 is 1.12 bits per heavy atom. The monoisotopic (exact) mass is 365 g/mol. The Labute approximate surface area is 153 Å². The first-order valence-electron chi connectivity index (χ1n) is 8.96. The smallest absolute Gasteiger partial charge is 0.264 e. The summed E-state index contributed by atoms with van der Waals surface area (Å²) in [5.41, 5.74) is 0. The van der Waals surface area contributed by atoms with Gasteiger partial charge in [0.25, 0.3) is 5.91 Å². The second-order valence-corrected chi connectivity index (χ2v) is 7.93. The van der Waals surface area contributed by atoms with Crippen LogP contribution in [0.1, 0.15) is 30.4 Å². The molecule has 0 saturated carbocycles. The van der Waals surface area contributed by atoms with Gasteiger partial charge in [0.05, 0.1) is 23.1 Å². The highest BCUT2D eigenvalue weighted by Gasteiger charge is 2.33. The van der Waals surface area contributed by atoms with Crippen molar-refractivity contribution >= 4 is 23.2 Å². The van der Waals surface area contributed by atoms with Gasteiger partial charge in [-0.3, -0.25) is 14.5 Å². The Morgan fingerprint density at radius 3 is 2.32 bits per heavy atom. The van der Waals surface area contributed by atoms with Gasteiger partial charge in [-0.25, -0.2) is 0 Å². The summed E-state index contributed by atoms with van der Waals surface area (Å²) >= 11 is 1.48. The molecule has 6 nitrogen and oxygen atoms in total. The zero-order valence-electron chi connectivity index (χ0n) is 15.2. The first-order chi connectivity index (χ1) is 12.0. The highest BCUT2D eigenvalue weighted by atomic mass is 32.1. The van der Waals surface area contributed by atoms with E-state index in [1.165, 1.54) is 11.3 Å². The number of hydrogen-bond acceptors (Lipinski definition) is 5. The molecule has 0 aromatic carbocycles. The average Bonchev–Trinajstić information content (AvgIpc) is 3.14. The molecular formula is C18H27N3O3S. The fraction of sp³-hybridized carbons (Fsp3) is 0.667. The number of amides is 2. The molecular weight excluding hydrogens is 338 g/mol. The summed E-state index contributed by atoms with van der Waals surface area (Å²) < 4.78 is 5.72. The van der Waals surface area contributed by atoms with Gasteiger partial charge in [-0.2, -0.15) is 0 Å². The van der Waals surface area contributed by atoms with Crippen molar-refractivity contribution in [1.29, 1.82) is 0 Å². The number of hydrogen-bond donors (Lipinski definition) is 0. The summed E-state index contributed by atoms with van der Waals surface area (Å²) in [5, 5.41) is 1.93. The molecule has 3 unspecified atom stereocenters. The Morgan fingerprint density at radius 2 is 1.76 bits per heavy atom. The lowest BCUT2D eigenvalue weighted by molar-refractivity contribution is -0.148. The van der Waals surface area contributed by atoms with E-state index < -0.39 is 0 Å². The van der Waals surface area contributed by atoms with Crippen LogP contribution in [-0.2, 0) is 9.53 Å². The molecule has 2 amide bonds. The van der Waals surface area contributed by atoms with Gasteiger partial charge >= 0.3 is 0 Å². The zero-order chi connectivity index (χ0) is 18.0. The molecule has 1 aromatic rings. The van der Waals surface area contributed by atoms with E-state index in [-0.39, 0.29) is 30.1 Å². The number of carbonyl (C=O) groups excluding carboxylic acids is 2. The van der Waals surface area contributed by atoms with Crippen molar-refractivity contribution in [2.45, 2.75) is 39.0 Å². The van der Waals surface area contributed by atoms with Crippen LogP contribution in [0.4, 0.5) is 0 Å². The first-order valence-corrected chi connectivity index (χ1v) is 9.84. The Kier molecular flexibility index (Phi) is 5.76. The maximum Gasteiger partial charge on any atom is 0.264 e. The fourth-order valence-electron chi connectivity index (χ4n) is 3.65. The van der Waals surface area contributed by atoms with Crippen LogP contribution >= 0.6 is 11.3 Å². The van der Waals surface area contributed by atoms with E-state index >= 15 is 0 Å². The van der Waals surface area contributed by atoms with E-state index in [0.29, 0.717) is 26.2 Å². The van der Waals surface area contributed by atoms with Gasteiger partial charge in [0, 0.05) is 39.3 Å². The van der Waals surface area contributed by atoms with Crippen LogP contribution in [-0.4, -0.2) is 84.0 Å². The predicted octanol–water partition coefficient (Wildman–Crippen LogP) is 1.53. The number of piperazine rings is 1. The standard InChI is InChI=1S/C18H27N3O3S/c1-13-11-21(12-14(2)24-13)17(22)15(3)19-6-8-20(9-7-19)18(23)16-5-4-10-25-16/h4-5,10,13-15H,6-9,11-12H2,1-3H3. The van der Waals surface area contributed by atoms with Crippen molar-refractivity contribution < 1.29 is 14.3 Å². The molecule has 3 rings (SSSR count). The number of thiophene rings is 1. The van der Waals surface area contributed by atoms with Gasteiger partial charge < -0.3 is 14.5 Å². The number of morpholine rings is 1. The lowest BCUT2D eigenvalue weighted by Crippen LogP contribution is -2.58. The number of nitrogens with zero attached hydrogens (tertiary/aromatic N) is 3. The molecule has 0 aliphatic carbocycles. The van der Waals surface area contributed by atoms with Crippen LogP contribution in [0.3, 0.4) is 0 Å². The van der Waals surface area contributed by atoms with Crippen molar-refractivity contribution in [3.05, 3.63) is 22.4 Å². The molecule has 0 spiro atoms. The van der Waals surface area contributed by atoms with E-state index in [4.69, 9.17) is 4.74 Å². The minimum atomic E-state index is -0.156. The van der Waals surface area contributed by atoms with Crippen LogP contribution in [0.5, 0.6) is 0 Å². The van der Waals surface area contributed by atoms with Gasteiger partial charge in [0.15, 0.2) is 0 Å². The maximum atomic E-state index is 12.8. The molecule has 1 aromatic heterocycles. The lowest BCUT2D eigenvalue weighted by Gasteiger charge is -2.41. The molecule has 2 aliphatic rings. The molecule has 0 N–H and O–H groups in total. The summed E-state index contributed by atoms with van der Waals surface area (Å²) in [6.45, 7) is 10.1. The molecule has 25 heavy (non-hydrogen) atoms. The van der Waals surface area contributed by atoms with Crippen LogP contribution < -0.4 is 0 Å². The molecule has 7 heteroatoms. The third kappa shape index (κ3) is 4.22. The minimum absolute atomic E-state index is 0.0835. The van der Waals surface area contributed by atoms with Crippen LogP contribution in [0.2, 0.25) is 0 Å². The molecule has 0 bridgehead atoms. The van der Waals surface area contributed by atoms with E-state index in [9.17, 15) is 9.59 Å². The number of rotatable bonds is 3. The predicted molar refractivity (Wildman–Crippen MR) is 97.8 cm³/mol. The highest BCUT2D eigenvalue weighted by molar-refractivity contribution is 7.12. The largest absolute Gasteiger partial charge is 0.372 e. The SMILES string of the molecule is CC1CN(C(=O)C(C)N2CCN(C(=O)c3cccs3)CC2)CC(C)O1. The summed E-state index contributed by atoms with van der Waals surface area (Å²) in [7, 11) is 0. The molecule has 2 aliphatic heterocycles. The van der Waals surface area contributed by atoms with Gasteiger partial charge in [0.1, 0.15) is 0 Å². The summed E-state index contributed by atoms with van der Waals surface area (Å²) in [4.78, 5) is 32.0. The van der Waals surface area contributed by atoms with Crippen molar-refractivity contribution in [1.82, 2.24) is 14.7 Å². The van der Waals surface area contributed by atoms with E-state index in [1.807, 2.05) is 48.1 Å². The molecule has 138 valence electrons. The quantitative estimate of drug-likeness (QED) is 0.815. The molecule has 3 atom stereocenters. The first kappa shape index (κ1) is 18.4. The third-order valence-corrected chi connectivity index (χ3v) is 5.83. The zero-order valence-corrected chi connectivity index (χ0v) is 16.0. The Balaban J connectivity index is 1.53. The van der Waals surface area contributed by atoms with Crippen molar-refractivity contribution in [3.8, 4) is 0 Å².